The second-order valence-corrected chi connectivity index (χ2v) is 7.35. The van der Waals surface area contributed by atoms with Crippen molar-refractivity contribution < 1.29 is 4.74 Å². The Morgan fingerprint density at radius 1 is 1.53 bits per heavy atom. The molecule has 1 heterocycles. The molecule has 1 saturated heterocycles. The Bertz CT molecular complexity index is 414. The summed E-state index contributed by atoms with van der Waals surface area (Å²) in [6, 6.07) is 5.96. The van der Waals surface area contributed by atoms with Crippen LogP contribution in [0.25, 0.3) is 0 Å². The van der Waals surface area contributed by atoms with Gasteiger partial charge < -0.3 is 4.74 Å². The van der Waals surface area contributed by atoms with Crippen LogP contribution in [-0.4, -0.2) is 35.7 Å². The molecule has 3 nitrogen and oxygen atoms in total. The monoisotopic (exact) mass is 318 g/mol. The van der Waals surface area contributed by atoms with E-state index >= 15 is 0 Å². The molecular formula is C13H19ClN2OS2. The van der Waals surface area contributed by atoms with E-state index in [9.17, 15) is 0 Å². The molecule has 1 fully saturated rings. The molecule has 19 heavy (non-hydrogen) atoms. The SMILES string of the molecule is COc1ccc(Cl)cc1CC(NN)C1CSCCS1. The van der Waals surface area contributed by atoms with E-state index in [0.29, 0.717) is 5.25 Å². The molecule has 0 bridgehead atoms. The Kier molecular flexibility index (Phi) is 6.16. The van der Waals surface area contributed by atoms with E-state index in [-0.39, 0.29) is 6.04 Å². The largest absolute Gasteiger partial charge is 0.496 e. The quantitative estimate of drug-likeness (QED) is 0.645. The van der Waals surface area contributed by atoms with Crippen molar-refractivity contribution in [1.82, 2.24) is 5.43 Å². The Morgan fingerprint density at radius 2 is 2.37 bits per heavy atom. The van der Waals surface area contributed by atoms with Gasteiger partial charge in [0.15, 0.2) is 0 Å². The molecule has 0 aromatic heterocycles. The smallest absolute Gasteiger partial charge is 0.122 e. The van der Waals surface area contributed by atoms with E-state index in [0.717, 1.165) is 28.5 Å². The van der Waals surface area contributed by atoms with Crippen LogP contribution in [0.5, 0.6) is 5.75 Å². The molecule has 106 valence electrons. The second kappa shape index (κ2) is 7.64. The molecule has 0 aliphatic carbocycles. The van der Waals surface area contributed by atoms with Gasteiger partial charge in [0.1, 0.15) is 5.75 Å². The fourth-order valence-electron chi connectivity index (χ4n) is 2.18. The van der Waals surface area contributed by atoms with E-state index in [2.05, 4.69) is 5.43 Å². The summed E-state index contributed by atoms with van der Waals surface area (Å²) < 4.78 is 5.39. The van der Waals surface area contributed by atoms with Crippen molar-refractivity contribution in [3.63, 3.8) is 0 Å². The molecule has 2 unspecified atom stereocenters. The van der Waals surface area contributed by atoms with Gasteiger partial charge >= 0.3 is 0 Å². The molecule has 1 aliphatic rings. The molecule has 1 aromatic rings. The number of thioether (sulfide) groups is 2. The summed E-state index contributed by atoms with van der Waals surface area (Å²) in [4.78, 5) is 0. The highest BCUT2D eigenvalue weighted by Gasteiger charge is 2.25. The highest BCUT2D eigenvalue weighted by Crippen LogP contribution is 2.30. The van der Waals surface area contributed by atoms with Gasteiger partial charge in [0.25, 0.3) is 0 Å². The summed E-state index contributed by atoms with van der Waals surface area (Å²) in [5, 5.41) is 1.27. The van der Waals surface area contributed by atoms with Crippen LogP contribution in [0, 0.1) is 0 Å². The van der Waals surface area contributed by atoms with E-state index in [1.54, 1.807) is 7.11 Å². The number of hydrazine groups is 1. The maximum Gasteiger partial charge on any atom is 0.122 e. The first kappa shape index (κ1) is 15.3. The van der Waals surface area contributed by atoms with Crippen LogP contribution in [0.3, 0.4) is 0 Å². The van der Waals surface area contributed by atoms with Crippen LogP contribution in [0.4, 0.5) is 0 Å². The van der Waals surface area contributed by atoms with Gasteiger partial charge in [-0.15, -0.1) is 0 Å². The molecule has 2 rings (SSSR count). The third-order valence-electron chi connectivity index (χ3n) is 3.19. The Balaban J connectivity index is 2.10. The normalized spacial score (nSPS) is 21.1. The minimum Gasteiger partial charge on any atom is -0.496 e. The van der Waals surface area contributed by atoms with Crippen LogP contribution in [0.15, 0.2) is 18.2 Å². The molecule has 0 saturated carbocycles. The summed E-state index contributed by atoms with van der Waals surface area (Å²) in [5.74, 6) is 10.2. The fourth-order valence-corrected chi connectivity index (χ4v) is 5.25. The molecule has 1 aromatic carbocycles. The first-order valence-electron chi connectivity index (χ1n) is 6.22. The zero-order valence-electron chi connectivity index (χ0n) is 10.9. The van der Waals surface area contributed by atoms with Gasteiger partial charge in [0.2, 0.25) is 0 Å². The minimum atomic E-state index is 0.241. The number of hydrogen-bond acceptors (Lipinski definition) is 5. The van der Waals surface area contributed by atoms with E-state index in [1.165, 1.54) is 11.5 Å². The molecular weight excluding hydrogens is 300 g/mol. The Morgan fingerprint density at radius 3 is 3.00 bits per heavy atom. The van der Waals surface area contributed by atoms with Gasteiger partial charge in [-0.05, 0) is 30.2 Å². The lowest BCUT2D eigenvalue weighted by Crippen LogP contribution is -2.46. The average molecular weight is 319 g/mol. The molecule has 3 N–H and O–H groups in total. The number of nitrogens with two attached hydrogens (primary N) is 1. The van der Waals surface area contributed by atoms with Crippen LogP contribution in [0.2, 0.25) is 5.02 Å². The maximum atomic E-state index is 6.07. The van der Waals surface area contributed by atoms with Crippen molar-refractivity contribution >= 4 is 35.1 Å². The first-order chi connectivity index (χ1) is 9.24. The van der Waals surface area contributed by atoms with Gasteiger partial charge in [-0.3, -0.25) is 11.3 Å². The number of hydrogen-bond donors (Lipinski definition) is 2. The summed E-state index contributed by atoms with van der Waals surface area (Å²) in [6.45, 7) is 0. The number of methoxy groups -OCH3 is 1. The molecule has 1 aliphatic heterocycles. The molecule has 0 amide bonds. The van der Waals surface area contributed by atoms with Crippen molar-refractivity contribution in [2.45, 2.75) is 17.7 Å². The number of rotatable bonds is 5. The lowest BCUT2D eigenvalue weighted by Gasteiger charge is -2.29. The Hall–Kier alpha value is -0.0700. The van der Waals surface area contributed by atoms with Gasteiger partial charge in [-0.2, -0.15) is 23.5 Å². The van der Waals surface area contributed by atoms with Gasteiger partial charge in [0.05, 0.1) is 7.11 Å². The lowest BCUT2D eigenvalue weighted by atomic mass is 10.0. The zero-order valence-corrected chi connectivity index (χ0v) is 13.3. The number of ether oxygens (including phenoxy) is 1. The van der Waals surface area contributed by atoms with E-state index in [1.807, 2.05) is 41.7 Å². The fraction of sp³-hybridized carbons (Fsp3) is 0.538. The average Bonchev–Trinajstić information content (AvgIpc) is 2.46. The standard InChI is InChI=1S/C13H19ClN2OS2/c1-17-12-3-2-10(14)6-9(12)7-11(16-15)13-8-18-4-5-19-13/h2-3,6,11,13,16H,4-5,7-8,15H2,1H3. The topological polar surface area (TPSA) is 47.3 Å². The van der Waals surface area contributed by atoms with Crippen molar-refractivity contribution in [1.29, 1.82) is 0 Å². The maximum absolute atomic E-state index is 6.07. The summed E-state index contributed by atoms with van der Waals surface area (Å²) >= 11 is 10.1. The van der Waals surface area contributed by atoms with Crippen LogP contribution in [-0.2, 0) is 6.42 Å². The van der Waals surface area contributed by atoms with Crippen LogP contribution in [0.1, 0.15) is 5.56 Å². The number of nitrogens with one attached hydrogen (secondary N) is 1. The molecule has 2 atom stereocenters. The Labute approximate surface area is 128 Å². The predicted molar refractivity (Wildman–Crippen MR) is 86.4 cm³/mol. The number of benzene rings is 1. The van der Waals surface area contributed by atoms with E-state index in [4.69, 9.17) is 22.2 Å². The van der Waals surface area contributed by atoms with Crippen LogP contribution >= 0.6 is 35.1 Å². The number of halogens is 1. The minimum absolute atomic E-state index is 0.241. The summed E-state index contributed by atoms with van der Waals surface area (Å²) in [7, 11) is 1.68. The van der Waals surface area contributed by atoms with Crippen molar-refractivity contribution in [3.8, 4) is 5.75 Å². The third-order valence-corrected chi connectivity index (χ3v) is 6.34. The zero-order chi connectivity index (χ0) is 13.7. The van der Waals surface area contributed by atoms with Crippen molar-refractivity contribution in [3.05, 3.63) is 28.8 Å². The summed E-state index contributed by atoms with van der Waals surface area (Å²) in [5.41, 5.74) is 4.06. The molecule has 6 heteroatoms. The highest BCUT2D eigenvalue weighted by molar-refractivity contribution is 8.06. The van der Waals surface area contributed by atoms with Crippen LogP contribution < -0.4 is 16.0 Å². The lowest BCUT2D eigenvalue weighted by molar-refractivity contribution is 0.405. The highest BCUT2D eigenvalue weighted by atomic mass is 35.5. The summed E-state index contributed by atoms with van der Waals surface area (Å²) in [6.07, 6.45) is 0.832. The van der Waals surface area contributed by atoms with Crippen molar-refractivity contribution in [2.24, 2.45) is 5.84 Å². The molecule has 0 spiro atoms. The third kappa shape index (κ3) is 4.20. The van der Waals surface area contributed by atoms with Gasteiger partial charge in [-0.1, -0.05) is 11.6 Å². The first-order valence-corrected chi connectivity index (χ1v) is 8.80. The second-order valence-electron chi connectivity index (χ2n) is 4.42. The van der Waals surface area contributed by atoms with E-state index < -0.39 is 0 Å². The van der Waals surface area contributed by atoms with Gasteiger partial charge in [-0.25, -0.2) is 0 Å². The predicted octanol–water partition coefficient (Wildman–Crippen LogP) is 2.57. The van der Waals surface area contributed by atoms with Gasteiger partial charge in [0, 0.05) is 33.6 Å². The molecule has 0 radical (unpaired) electrons. The van der Waals surface area contributed by atoms with Crippen molar-refractivity contribution in [2.75, 3.05) is 24.4 Å².